The summed E-state index contributed by atoms with van der Waals surface area (Å²) >= 11 is 3.15. The van der Waals surface area contributed by atoms with Gasteiger partial charge in [-0.15, -0.1) is 22.7 Å². The van der Waals surface area contributed by atoms with Crippen molar-refractivity contribution in [2.24, 2.45) is 0 Å². The maximum Gasteiger partial charge on any atom is 0.217 e. The van der Waals surface area contributed by atoms with Crippen LogP contribution in [0.1, 0.15) is 18.4 Å². The molecule has 0 saturated heterocycles. The molecule has 0 aliphatic rings. The number of carbonyl (C=O) groups excluding carboxylic acids is 1. The molecule has 0 aliphatic heterocycles. The Morgan fingerprint density at radius 2 is 1.89 bits per heavy atom. The van der Waals surface area contributed by atoms with Gasteiger partial charge in [0, 0.05) is 28.9 Å². The van der Waals surface area contributed by atoms with Gasteiger partial charge in [0.25, 0.3) is 0 Å². The van der Waals surface area contributed by atoms with Crippen LogP contribution in [0.3, 0.4) is 0 Å². The molecule has 4 rings (SSSR count). The zero-order chi connectivity index (χ0) is 19.5. The Balaban J connectivity index is 1.46. The molecule has 0 atom stereocenters. The number of nitrogens with one attached hydrogen (secondary N) is 2. The minimum atomic E-state index is -0.0863. The second-order valence-electron chi connectivity index (χ2n) is 6.21. The molecule has 0 fully saturated rings. The molecule has 1 amide bonds. The van der Waals surface area contributed by atoms with Crippen molar-refractivity contribution in [1.29, 1.82) is 0 Å². The second kappa shape index (κ2) is 7.95. The topological polar surface area (TPSA) is 80.0 Å². The van der Waals surface area contributed by atoms with Gasteiger partial charge in [-0.2, -0.15) is 0 Å². The quantitative estimate of drug-likeness (QED) is 0.456. The van der Waals surface area contributed by atoms with Gasteiger partial charge >= 0.3 is 0 Å². The summed E-state index contributed by atoms with van der Waals surface area (Å²) in [4.78, 5) is 20.1. The summed E-state index contributed by atoms with van der Waals surface area (Å²) in [6, 6.07) is 11.8. The lowest BCUT2D eigenvalue weighted by atomic mass is 10.2. The van der Waals surface area contributed by atoms with Crippen LogP contribution in [-0.4, -0.2) is 15.9 Å². The van der Waals surface area contributed by atoms with Crippen molar-refractivity contribution in [3.63, 3.8) is 0 Å². The fraction of sp³-hybridized carbons (Fsp3) is 0.150. The number of rotatable bonds is 6. The van der Waals surface area contributed by atoms with E-state index in [1.165, 1.54) is 6.92 Å². The molecule has 28 heavy (non-hydrogen) atoms. The Labute approximate surface area is 170 Å². The molecule has 2 N–H and O–H groups in total. The van der Waals surface area contributed by atoms with Crippen molar-refractivity contribution < 1.29 is 9.21 Å². The number of aromatic nitrogens is 2. The molecule has 8 heteroatoms. The molecule has 0 aliphatic carbocycles. The first-order chi connectivity index (χ1) is 13.6. The van der Waals surface area contributed by atoms with Gasteiger partial charge in [-0.3, -0.25) is 4.79 Å². The monoisotopic (exact) mass is 410 g/mol. The summed E-state index contributed by atoms with van der Waals surface area (Å²) in [5.41, 5.74) is 3.83. The summed E-state index contributed by atoms with van der Waals surface area (Å²) in [5, 5.41) is 11.8. The number of carbonyl (C=O) groups is 1. The Bertz CT molecular complexity index is 1100. The predicted molar refractivity (Wildman–Crippen MR) is 113 cm³/mol. The first kappa shape index (κ1) is 18.4. The molecule has 6 nitrogen and oxygen atoms in total. The number of hydrogen-bond donors (Lipinski definition) is 2. The summed E-state index contributed by atoms with van der Waals surface area (Å²) in [6.07, 6.45) is 0. The van der Waals surface area contributed by atoms with E-state index in [9.17, 15) is 4.79 Å². The molecule has 4 aromatic rings. The van der Waals surface area contributed by atoms with Gasteiger partial charge in [0.1, 0.15) is 16.5 Å². The number of furan rings is 1. The standard InChI is InChI=1S/C20H18N4O2S2/c1-12-10-28-20(22-12)23-15-5-3-14(4-6-15)19-24-17(11-27-19)18-8-7-16(26-18)9-21-13(2)25/h3-8,10-11H,9H2,1-2H3,(H,21,25)(H,22,23). The molecule has 0 unspecified atom stereocenters. The second-order valence-corrected chi connectivity index (χ2v) is 7.93. The molecule has 0 saturated carbocycles. The van der Waals surface area contributed by atoms with Crippen molar-refractivity contribution in [3.05, 3.63) is 58.6 Å². The van der Waals surface area contributed by atoms with Gasteiger partial charge in [0.2, 0.25) is 5.91 Å². The van der Waals surface area contributed by atoms with E-state index in [2.05, 4.69) is 20.6 Å². The third-order valence-electron chi connectivity index (χ3n) is 3.93. The Kier molecular flexibility index (Phi) is 5.23. The van der Waals surface area contributed by atoms with E-state index < -0.39 is 0 Å². The van der Waals surface area contributed by atoms with Gasteiger partial charge in [-0.1, -0.05) is 0 Å². The van der Waals surface area contributed by atoms with Crippen molar-refractivity contribution >= 4 is 39.4 Å². The summed E-state index contributed by atoms with van der Waals surface area (Å²) < 4.78 is 5.77. The van der Waals surface area contributed by atoms with Crippen LogP contribution in [0.2, 0.25) is 0 Å². The minimum Gasteiger partial charge on any atom is -0.458 e. The summed E-state index contributed by atoms with van der Waals surface area (Å²) in [6.45, 7) is 3.83. The highest BCUT2D eigenvalue weighted by molar-refractivity contribution is 7.14. The van der Waals surface area contributed by atoms with Crippen molar-refractivity contribution in [1.82, 2.24) is 15.3 Å². The largest absolute Gasteiger partial charge is 0.458 e. The maximum absolute atomic E-state index is 11.0. The molecule has 1 aromatic carbocycles. The number of anilines is 2. The predicted octanol–water partition coefficient (Wildman–Crippen LogP) is 5.21. The van der Waals surface area contributed by atoms with E-state index in [1.54, 1.807) is 22.7 Å². The Hall–Kier alpha value is -2.97. The third-order valence-corrected chi connectivity index (χ3v) is 5.70. The zero-order valence-corrected chi connectivity index (χ0v) is 17.0. The highest BCUT2D eigenvalue weighted by atomic mass is 32.1. The highest BCUT2D eigenvalue weighted by Crippen LogP contribution is 2.31. The molecule has 0 spiro atoms. The minimum absolute atomic E-state index is 0.0863. The number of amides is 1. The van der Waals surface area contributed by atoms with Crippen LogP contribution in [0.4, 0.5) is 10.8 Å². The van der Waals surface area contributed by atoms with E-state index in [-0.39, 0.29) is 5.91 Å². The fourth-order valence-electron chi connectivity index (χ4n) is 2.57. The molecule has 3 heterocycles. The lowest BCUT2D eigenvalue weighted by molar-refractivity contribution is -0.119. The molecule has 3 aromatic heterocycles. The highest BCUT2D eigenvalue weighted by Gasteiger charge is 2.11. The van der Waals surface area contributed by atoms with E-state index in [0.29, 0.717) is 18.1 Å². The van der Waals surface area contributed by atoms with Crippen molar-refractivity contribution in [3.8, 4) is 22.0 Å². The van der Waals surface area contributed by atoms with Gasteiger partial charge in [-0.05, 0) is 43.3 Å². The third kappa shape index (κ3) is 4.29. The summed E-state index contributed by atoms with van der Waals surface area (Å²) in [7, 11) is 0. The molecule has 142 valence electrons. The van der Waals surface area contributed by atoms with Crippen molar-refractivity contribution in [2.45, 2.75) is 20.4 Å². The molecule has 0 bridgehead atoms. The number of aryl methyl sites for hydroxylation is 1. The Morgan fingerprint density at radius 3 is 2.61 bits per heavy atom. The van der Waals surface area contributed by atoms with Gasteiger partial charge < -0.3 is 15.1 Å². The average Bonchev–Trinajstić information content (AvgIpc) is 3.41. The van der Waals surface area contributed by atoms with E-state index in [0.717, 1.165) is 32.8 Å². The van der Waals surface area contributed by atoms with Crippen LogP contribution in [0.15, 0.2) is 51.6 Å². The van der Waals surface area contributed by atoms with Crippen LogP contribution in [-0.2, 0) is 11.3 Å². The number of thiazole rings is 2. The molecule has 0 radical (unpaired) electrons. The maximum atomic E-state index is 11.0. The first-order valence-electron chi connectivity index (χ1n) is 8.65. The van der Waals surface area contributed by atoms with Crippen LogP contribution < -0.4 is 10.6 Å². The van der Waals surface area contributed by atoms with E-state index in [4.69, 9.17) is 4.42 Å². The average molecular weight is 411 g/mol. The lowest BCUT2D eigenvalue weighted by Crippen LogP contribution is -2.18. The molecular formula is C20H18N4O2S2. The Morgan fingerprint density at radius 1 is 1.07 bits per heavy atom. The van der Waals surface area contributed by atoms with Crippen LogP contribution in [0.5, 0.6) is 0 Å². The normalized spacial score (nSPS) is 10.8. The number of hydrogen-bond acceptors (Lipinski definition) is 7. The van der Waals surface area contributed by atoms with Crippen LogP contribution in [0, 0.1) is 6.92 Å². The van der Waals surface area contributed by atoms with Gasteiger partial charge in [-0.25, -0.2) is 9.97 Å². The molecular weight excluding hydrogens is 392 g/mol. The van der Waals surface area contributed by atoms with E-state index in [1.807, 2.05) is 54.1 Å². The SMILES string of the molecule is CC(=O)NCc1ccc(-c2csc(-c3ccc(Nc4nc(C)cs4)cc3)n2)o1. The van der Waals surface area contributed by atoms with Crippen LogP contribution >= 0.6 is 22.7 Å². The fourth-order valence-corrected chi connectivity index (χ4v) is 4.10. The van der Waals surface area contributed by atoms with E-state index >= 15 is 0 Å². The number of nitrogens with zero attached hydrogens (tertiary/aromatic N) is 2. The van der Waals surface area contributed by atoms with Gasteiger partial charge in [0.15, 0.2) is 10.9 Å². The number of benzene rings is 1. The lowest BCUT2D eigenvalue weighted by Gasteiger charge is -2.03. The van der Waals surface area contributed by atoms with Crippen molar-refractivity contribution in [2.75, 3.05) is 5.32 Å². The summed E-state index contributed by atoms with van der Waals surface area (Å²) in [5.74, 6) is 1.31. The van der Waals surface area contributed by atoms with Crippen LogP contribution in [0.25, 0.3) is 22.0 Å². The first-order valence-corrected chi connectivity index (χ1v) is 10.4. The van der Waals surface area contributed by atoms with Gasteiger partial charge in [0.05, 0.1) is 12.2 Å². The smallest absolute Gasteiger partial charge is 0.217 e. The zero-order valence-electron chi connectivity index (χ0n) is 15.4.